The fraction of sp³-hybridized carbons (Fsp3) is 0.476. The van der Waals surface area contributed by atoms with Crippen LogP contribution in [0.1, 0.15) is 36.7 Å². The van der Waals surface area contributed by atoms with Gasteiger partial charge in [0.2, 0.25) is 5.88 Å². The first-order chi connectivity index (χ1) is 13.9. The van der Waals surface area contributed by atoms with Gasteiger partial charge in [0.05, 0.1) is 18.4 Å². The lowest BCUT2D eigenvalue weighted by atomic mass is 10.0. The number of hydrogen-bond donors (Lipinski definition) is 2. The minimum Gasteiger partial charge on any atom is -0.476 e. The maximum Gasteiger partial charge on any atom is 0.271 e. The summed E-state index contributed by atoms with van der Waals surface area (Å²) in [5, 5.41) is 13.1. The number of nitrogens with zero attached hydrogens (tertiary/aromatic N) is 2. The van der Waals surface area contributed by atoms with E-state index in [9.17, 15) is 14.3 Å². The molecule has 0 bridgehead atoms. The first-order valence-corrected chi connectivity index (χ1v) is 9.66. The summed E-state index contributed by atoms with van der Waals surface area (Å²) in [4.78, 5) is 21.2. The van der Waals surface area contributed by atoms with E-state index in [1.807, 2.05) is 0 Å². The number of aromatic nitrogens is 2. The van der Waals surface area contributed by atoms with E-state index >= 15 is 0 Å². The highest BCUT2D eigenvalue weighted by atomic mass is 19.1. The van der Waals surface area contributed by atoms with Gasteiger partial charge in [-0.2, -0.15) is 0 Å². The molecule has 1 aromatic carbocycles. The minimum atomic E-state index is -0.937. The van der Waals surface area contributed by atoms with Gasteiger partial charge in [0, 0.05) is 32.2 Å². The fourth-order valence-electron chi connectivity index (χ4n) is 2.96. The van der Waals surface area contributed by atoms with Crippen LogP contribution in [0.5, 0.6) is 5.88 Å². The first-order valence-electron chi connectivity index (χ1n) is 9.66. The Morgan fingerprint density at radius 2 is 2.03 bits per heavy atom. The second-order valence-electron chi connectivity index (χ2n) is 7.42. The molecule has 1 aromatic heterocycles. The van der Waals surface area contributed by atoms with Crippen molar-refractivity contribution in [3.8, 4) is 17.1 Å². The highest BCUT2D eigenvalue weighted by Crippen LogP contribution is 2.39. The summed E-state index contributed by atoms with van der Waals surface area (Å²) < 4.78 is 24.0. The van der Waals surface area contributed by atoms with E-state index < -0.39 is 11.5 Å². The molecule has 8 heteroatoms. The molecule has 0 saturated heterocycles. The Bertz CT molecular complexity index is 838. The predicted octanol–water partition coefficient (Wildman–Crippen LogP) is 2.59. The molecular weight excluding hydrogens is 377 g/mol. The summed E-state index contributed by atoms with van der Waals surface area (Å²) in [6, 6.07) is 5.73. The molecule has 2 N–H and O–H groups in total. The van der Waals surface area contributed by atoms with Crippen molar-refractivity contribution in [1.82, 2.24) is 15.3 Å². The summed E-state index contributed by atoms with van der Waals surface area (Å²) in [7, 11) is 1.61. The van der Waals surface area contributed by atoms with Crippen LogP contribution < -0.4 is 10.1 Å². The number of ether oxygens (including phenoxy) is 2. The molecule has 1 aliphatic carbocycles. The summed E-state index contributed by atoms with van der Waals surface area (Å²) in [5.41, 5.74) is 0.0947. The third-order valence-electron chi connectivity index (χ3n) is 4.88. The maximum atomic E-state index is 13.3. The van der Waals surface area contributed by atoms with Crippen molar-refractivity contribution >= 4 is 5.91 Å². The van der Waals surface area contributed by atoms with Gasteiger partial charge < -0.3 is 19.9 Å². The van der Waals surface area contributed by atoms with E-state index in [0.717, 1.165) is 12.8 Å². The molecule has 0 spiro atoms. The number of nitrogens with one attached hydrogen (secondary N) is 1. The number of amides is 1. The molecule has 1 unspecified atom stereocenters. The Balaban J connectivity index is 1.78. The molecule has 0 radical (unpaired) electrons. The second-order valence-corrected chi connectivity index (χ2v) is 7.42. The zero-order chi connectivity index (χ0) is 20.9. The lowest BCUT2D eigenvalue weighted by Crippen LogP contribution is -2.42. The van der Waals surface area contributed by atoms with E-state index in [-0.39, 0.29) is 29.9 Å². The molecule has 1 saturated carbocycles. The van der Waals surface area contributed by atoms with Crippen LogP contribution in [-0.2, 0) is 4.74 Å². The molecule has 0 aliphatic heterocycles. The van der Waals surface area contributed by atoms with Crippen molar-refractivity contribution in [2.45, 2.75) is 31.8 Å². The average Bonchev–Trinajstić information content (AvgIpc) is 3.56. The van der Waals surface area contributed by atoms with Gasteiger partial charge in [0.25, 0.3) is 5.91 Å². The van der Waals surface area contributed by atoms with Gasteiger partial charge in [-0.05, 0) is 49.9 Å². The third kappa shape index (κ3) is 5.71. The van der Waals surface area contributed by atoms with Gasteiger partial charge in [-0.25, -0.2) is 14.4 Å². The van der Waals surface area contributed by atoms with Crippen LogP contribution in [-0.4, -0.2) is 53.5 Å². The summed E-state index contributed by atoms with van der Waals surface area (Å²) in [5.74, 6) is -0.339. The van der Waals surface area contributed by atoms with Gasteiger partial charge in [0.1, 0.15) is 17.2 Å². The molecule has 1 heterocycles. The lowest BCUT2D eigenvalue weighted by Gasteiger charge is -2.23. The van der Waals surface area contributed by atoms with Crippen LogP contribution in [0, 0.1) is 11.7 Å². The smallest absolute Gasteiger partial charge is 0.271 e. The highest BCUT2D eigenvalue weighted by Gasteiger charge is 2.40. The third-order valence-corrected chi connectivity index (χ3v) is 4.88. The highest BCUT2D eigenvalue weighted by molar-refractivity contribution is 5.92. The molecule has 1 aliphatic rings. The van der Waals surface area contributed by atoms with Crippen molar-refractivity contribution < 1.29 is 23.8 Å². The molecule has 1 atom stereocenters. The minimum absolute atomic E-state index is 0.0974. The summed E-state index contributed by atoms with van der Waals surface area (Å²) in [6.45, 7) is 2.77. The number of hydrogen-bond acceptors (Lipinski definition) is 6. The zero-order valence-corrected chi connectivity index (χ0v) is 16.7. The van der Waals surface area contributed by atoms with Crippen LogP contribution in [0.3, 0.4) is 0 Å². The van der Waals surface area contributed by atoms with Crippen LogP contribution in [0.2, 0.25) is 0 Å². The fourth-order valence-corrected chi connectivity index (χ4v) is 2.96. The van der Waals surface area contributed by atoms with Gasteiger partial charge >= 0.3 is 0 Å². The first kappa shape index (κ1) is 21.1. The van der Waals surface area contributed by atoms with E-state index in [1.165, 1.54) is 18.3 Å². The summed E-state index contributed by atoms with van der Waals surface area (Å²) >= 11 is 0. The van der Waals surface area contributed by atoms with E-state index in [1.54, 1.807) is 26.2 Å². The van der Waals surface area contributed by atoms with E-state index in [2.05, 4.69) is 15.3 Å². The summed E-state index contributed by atoms with van der Waals surface area (Å²) in [6.07, 6.45) is 3.93. The van der Waals surface area contributed by atoms with Crippen molar-refractivity contribution in [2.24, 2.45) is 5.92 Å². The van der Waals surface area contributed by atoms with Crippen LogP contribution in [0.4, 0.5) is 4.39 Å². The molecule has 2 aromatic rings. The zero-order valence-electron chi connectivity index (χ0n) is 16.7. The molecule has 156 valence electrons. The number of halogens is 1. The number of benzene rings is 1. The average molecular weight is 403 g/mol. The lowest BCUT2D eigenvalue weighted by molar-refractivity contribution is 0.0353. The van der Waals surface area contributed by atoms with Crippen LogP contribution >= 0.6 is 0 Å². The SMILES string of the molecule is COCCCOc1ncc(C(=O)NCC(C)(O)C2CC2)nc1-c1ccc(F)cc1. The molecule has 29 heavy (non-hydrogen) atoms. The molecule has 3 rings (SSSR count). The number of rotatable bonds is 10. The van der Waals surface area contributed by atoms with Gasteiger partial charge in [-0.15, -0.1) is 0 Å². The Kier molecular flexibility index (Phi) is 6.76. The largest absolute Gasteiger partial charge is 0.476 e. The van der Waals surface area contributed by atoms with Gasteiger partial charge in [0.15, 0.2) is 0 Å². The molecule has 7 nitrogen and oxygen atoms in total. The van der Waals surface area contributed by atoms with Crippen molar-refractivity contribution in [3.63, 3.8) is 0 Å². The van der Waals surface area contributed by atoms with Gasteiger partial charge in [-0.1, -0.05) is 0 Å². The van der Waals surface area contributed by atoms with Crippen LogP contribution in [0.15, 0.2) is 30.5 Å². The normalized spacial score (nSPS) is 15.6. The van der Waals surface area contributed by atoms with Crippen molar-refractivity contribution in [1.29, 1.82) is 0 Å². The number of carbonyl (C=O) groups is 1. The Hall–Kier alpha value is -2.58. The molecule has 1 fully saturated rings. The number of methoxy groups -OCH3 is 1. The standard InChI is InChI=1S/C21H26FN3O4/c1-21(27,15-6-7-15)13-24-19(26)17-12-23-20(29-11-3-10-28-2)18(25-17)14-4-8-16(22)9-5-14/h4-5,8-9,12,15,27H,3,6-7,10-11,13H2,1-2H3,(H,24,26). The van der Waals surface area contributed by atoms with Crippen molar-refractivity contribution in [2.75, 3.05) is 26.9 Å². The number of carbonyl (C=O) groups excluding carboxylic acids is 1. The van der Waals surface area contributed by atoms with Crippen molar-refractivity contribution in [3.05, 3.63) is 42.0 Å². The molecule has 1 amide bonds. The Labute approximate surface area is 169 Å². The predicted molar refractivity (Wildman–Crippen MR) is 105 cm³/mol. The Morgan fingerprint density at radius 1 is 1.31 bits per heavy atom. The number of aliphatic hydroxyl groups is 1. The maximum absolute atomic E-state index is 13.3. The molecular formula is C21H26FN3O4. The van der Waals surface area contributed by atoms with Gasteiger partial charge in [-0.3, -0.25) is 4.79 Å². The van der Waals surface area contributed by atoms with E-state index in [4.69, 9.17) is 9.47 Å². The van der Waals surface area contributed by atoms with E-state index in [0.29, 0.717) is 30.9 Å². The monoisotopic (exact) mass is 403 g/mol. The quantitative estimate of drug-likeness (QED) is 0.593. The Morgan fingerprint density at radius 3 is 2.69 bits per heavy atom. The van der Waals surface area contributed by atoms with Crippen LogP contribution in [0.25, 0.3) is 11.3 Å². The second kappa shape index (κ2) is 9.28. The topological polar surface area (TPSA) is 93.6 Å².